The Kier molecular flexibility index (Phi) is 4.83. The molecule has 0 radical (unpaired) electrons. The molecule has 0 aliphatic heterocycles. The van der Waals surface area contributed by atoms with Crippen LogP contribution in [0.5, 0.6) is 0 Å². The van der Waals surface area contributed by atoms with Crippen molar-refractivity contribution in [3.63, 3.8) is 0 Å². The number of carboxylic acids is 1. The fraction of sp³-hybridized carbons (Fsp3) is 0. The predicted octanol–water partition coefficient (Wildman–Crippen LogP) is 2.45. The van der Waals surface area contributed by atoms with Gasteiger partial charge in [0, 0.05) is 17.7 Å². The molecule has 7 nitrogen and oxygen atoms in total. The van der Waals surface area contributed by atoms with Gasteiger partial charge in [-0.3, -0.25) is 14.9 Å². The Balaban J connectivity index is 2.20. The third kappa shape index (κ3) is 4.24. The van der Waals surface area contributed by atoms with E-state index in [-0.39, 0.29) is 16.9 Å². The highest BCUT2D eigenvalue weighted by atomic mass is 16.6. The first-order valence-electron chi connectivity index (χ1n) is 6.53. The summed E-state index contributed by atoms with van der Waals surface area (Å²) in [5, 5.41) is 22.0. The number of hydrogen-bond acceptors (Lipinski definition) is 4. The quantitative estimate of drug-likeness (QED) is 0.500. The van der Waals surface area contributed by atoms with E-state index in [2.05, 4.69) is 5.32 Å². The third-order valence-electron chi connectivity index (χ3n) is 2.93. The number of non-ortho nitro benzene ring substituents is 1. The molecular formula is C16H12N2O5. The molecule has 0 saturated heterocycles. The topological polar surface area (TPSA) is 110 Å². The zero-order valence-electron chi connectivity index (χ0n) is 11.8. The number of carbonyl (C=O) groups excluding carboxylic acids is 1. The van der Waals surface area contributed by atoms with Crippen molar-refractivity contribution in [2.75, 3.05) is 0 Å². The predicted molar refractivity (Wildman–Crippen MR) is 82.6 cm³/mol. The summed E-state index contributed by atoms with van der Waals surface area (Å²) in [6.07, 6.45) is 1.33. The van der Waals surface area contributed by atoms with E-state index in [0.29, 0.717) is 5.56 Å². The summed E-state index contributed by atoms with van der Waals surface area (Å²) in [5.41, 5.74) is 0.295. The van der Waals surface area contributed by atoms with E-state index in [1.807, 2.05) is 0 Å². The highest BCUT2D eigenvalue weighted by Gasteiger charge is 2.14. The van der Waals surface area contributed by atoms with Gasteiger partial charge in [0.2, 0.25) is 0 Å². The second kappa shape index (κ2) is 6.99. The number of carbonyl (C=O) groups is 2. The maximum atomic E-state index is 12.0. The number of aliphatic carboxylic acids is 1. The Labute approximate surface area is 131 Å². The van der Waals surface area contributed by atoms with Gasteiger partial charge in [-0.2, -0.15) is 0 Å². The van der Waals surface area contributed by atoms with Gasteiger partial charge in [-0.1, -0.05) is 30.3 Å². The van der Waals surface area contributed by atoms with Crippen molar-refractivity contribution >= 4 is 23.6 Å². The van der Waals surface area contributed by atoms with Crippen LogP contribution in [-0.4, -0.2) is 21.9 Å². The van der Waals surface area contributed by atoms with Crippen molar-refractivity contribution in [2.45, 2.75) is 0 Å². The van der Waals surface area contributed by atoms with Gasteiger partial charge in [0.25, 0.3) is 11.6 Å². The second-order valence-corrected chi connectivity index (χ2v) is 4.53. The molecule has 0 aliphatic carbocycles. The van der Waals surface area contributed by atoms with Gasteiger partial charge < -0.3 is 10.4 Å². The van der Waals surface area contributed by atoms with Crippen LogP contribution < -0.4 is 5.32 Å². The van der Waals surface area contributed by atoms with Gasteiger partial charge in [0.1, 0.15) is 5.70 Å². The lowest BCUT2D eigenvalue weighted by atomic mass is 10.1. The molecule has 0 fully saturated rings. The normalized spacial score (nSPS) is 10.9. The Morgan fingerprint density at radius 3 is 2.17 bits per heavy atom. The van der Waals surface area contributed by atoms with Crippen molar-refractivity contribution in [2.24, 2.45) is 0 Å². The molecule has 116 valence electrons. The molecule has 0 spiro atoms. The van der Waals surface area contributed by atoms with Crippen LogP contribution in [0.3, 0.4) is 0 Å². The number of rotatable bonds is 5. The van der Waals surface area contributed by atoms with Crippen LogP contribution in [0, 0.1) is 10.1 Å². The molecule has 0 unspecified atom stereocenters. The summed E-state index contributed by atoms with van der Waals surface area (Å²) in [5.74, 6) is -1.95. The summed E-state index contributed by atoms with van der Waals surface area (Å²) < 4.78 is 0. The second-order valence-electron chi connectivity index (χ2n) is 4.53. The zero-order chi connectivity index (χ0) is 16.8. The summed E-state index contributed by atoms with van der Waals surface area (Å²) in [7, 11) is 0. The SMILES string of the molecule is O=C(O)C(=Cc1ccccc1)NC(=O)c1ccc([N+](=O)[O-])cc1. The van der Waals surface area contributed by atoms with E-state index >= 15 is 0 Å². The van der Waals surface area contributed by atoms with Crippen molar-refractivity contribution in [1.29, 1.82) is 0 Å². The van der Waals surface area contributed by atoms with Gasteiger partial charge in [-0.05, 0) is 23.8 Å². The minimum Gasteiger partial charge on any atom is -0.477 e. The molecule has 0 bridgehead atoms. The van der Waals surface area contributed by atoms with E-state index in [0.717, 1.165) is 0 Å². The summed E-state index contributed by atoms with van der Waals surface area (Å²) in [6, 6.07) is 13.5. The van der Waals surface area contributed by atoms with E-state index in [1.54, 1.807) is 30.3 Å². The molecule has 0 atom stereocenters. The van der Waals surface area contributed by atoms with Gasteiger partial charge in [-0.15, -0.1) is 0 Å². The first-order valence-corrected chi connectivity index (χ1v) is 6.53. The molecule has 2 N–H and O–H groups in total. The number of nitro groups is 1. The number of nitrogens with zero attached hydrogens (tertiary/aromatic N) is 1. The molecule has 7 heteroatoms. The molecule has 2 rings (SSSR count). The maximum Gasteiger partial charge on any atom is 0.352 e. The summed E-state index contributed by atoms with van der Waals surface area (Å²) >= 11 is 0. The Bertz CT molecular complexity index is 767. The number of nitrogens with one attached hydrogen (secondary N) is 1. The zero-order valence-corrected chi connectivity index (χ0v) is 11.8. The van der Waals surface area contributed by atoms with Gasteiger partial charge in [0.05, 0.1) is 4.92 Å². The van der Waals surface area contributed by atoms with Crippen LogP contribution in [-0.2, 0) is 4.79 Å². The summed E-state index contributed by atoms with van der Waals surface area (Å²) in [6.45, 7) is 0. The number of carboxylic acid groups (broad SMARTS) is 1. The minimum absolute atomic E-state index is 0.121. The van der Waals surface area contributed by atoms with E-state index in [9.17, 15) is 24.8 Å². The molecule has 2 aromatic rings. The van der Waals surface area contributed by atoms with Gasteiger partial charge in [0.15, 0.2) is 0 Å². The number of benzene rings is 2. The van der Waals surface area contributed by atoms with Crippen LogP contribution in [0.2, 0.25) is 0 Å². The number of hydrogen-bond donors (Lipinski definition) is 2. The minimum atomic E-state index is -1.29. The van der Waals surface area contributed by atoms with Crippen molar-refractivity contribution < 1.29 is 19.6 Å². The average Bonchev–Trinajstić information content (AvgIpc) is 2.55. The van der Waals surface area contributed by atoms with E-state index < -0.39 is 16.8 Å². The molecule has 2 aromatic carbocycles. The van der Waals surface area contributed by atoms with Crippen LogP contribution >= 0.6 is 0 Å². The van der Waals surface area contributed by atoms with Crippen molar-refractivity contribution in [3.8, 4) is 0 Å². The van der Waals surface area contributed by atoms with E-state index in [1.165, 1.54) is 30.3 Å². The maximum absolute atomic E-state index is 12.0. The average molecular weight is 312 g/mol. The molecule has 0 saturated carbocycles. The molecule has 1 amide bonds. The molecule has 0 heterocycles. The lowest BCUT2D eigenvalue weighted by Gasteiger charge is -2.06. The third-order valence-corrected chi connectivity index (χ3v) is 2.93. The highest BCUT2D eigenvalue weighted by molar-refractivity contribution is 6.02. The fourth-order valence-electron chi connectivity index (χ4n) is 1.80. The van der Waals surface area contributed by atoms with Crippen LogP contribution in [0.25, 0.3) is 6.08 Å². The molecule has 0 aliphatic rings. The van der Waals surface area contributed by atoms with Crippen molar-refractivity contribution in [1.82, 2.24) is 5.32 Å². The van der Waals surface area contributed by atoms with Gasteiger partial charge in [-0.25, -0.2) is 4.79 Å². The van der Waals surface area contributed by atoms with Crippen LogP contribution in [0.4, 0.5) is 5.69 Å². The lowest BCUT2D eigenvalue weighted by Crippen LogP contribution is -2.27. The monoisotopic (exact) mass is 312 g/mol. The van der Waals surface area contributed by atoms with Crippen molar-refractivity contribution in [3.05, 3.63) is 81.5 Å². The summed E-state index contributed by atoms with van der Waals surface area (Å²) in [4.78, 5) is 33.3. The number of nitro benzene ring substituents is 1. The van der Waals surface area contributed by atoms with E-state index in [4.69, 9.17) is 0 Å². The van der Waals surface area contributed by atoms with Crippen LogP contribution in [0.15, 0.2) is 60.3 Å². The van der Waals surface area contributed by atoms with Crippen LogP contribution in [0.1, 0.15) is 15.9 Å². The van der Waals surface area contributed by atoms with Gasteiger partial charge >= 0.3 is 5.97 Å². The largest absolute Gasteiger partial charge is 0.477 e. The first kappa shape index (κ1) is 15.9. The molecule has 0 aromatic heterocycles. The Morgan fingerprint density at radius 2 is 1.65 bits per heavy atom. The Morgan fingerprint density at radius 1 is 1.04 bits per heavy atom. The molecule has 23 heavy (non-hydrogen) atoms. The first-order chi connectivity index (χ1) is 11.0. The standard InChI is InChI=1S/C16H12N2O5/c19-15(12-6-8-13(9-7-12)18(22)23)17-14(16(20)21)10-11-4-2-1-3-5-11/h1-10H,(H,17,19)(H,20,21). The number of amides is 1. The lowest BCUT2D eigenvalue weighted by molar-refractivity contribution is -0.384. The Hall–Kier alpha value is -3.48. The highest BCUT2D eigenvalue weighted by Crippen LogP contribution is 2.12. The smallest absolute Gasteiger partial charge is 0.352 e. The molecular weight excluding hydrogens is 300 g/mol. The fourth-order valence-corrected chi connectivity index (χ4v) is 1.80.